The number of carbonyl (C=O) groups excluding carboxylic acids is 2. The summed E-state index contributed by atoms with van der Waals surface area (Å²) in [4.78, 5) is 27.9. The zero-order valence-electron chi connectivity index (χ0n) is 16.9. The Hall–Kier alpha value is -3.05. The second-order valence-corrected chi connectivity index (χ2v) is 7.32. The molecule has 1 aliphatic heterocycles. The SMILES string of the molecule is O=C(CN1CCN(CC(=O)Nc2ccccc2C(F)(F)F)CC1)Nc1cc(F)ccc1F. The maximum absolute atomic E-state index is 13.6. The van der Waals surface area contributed by atoms with Gasteiger partial charge in [-0.2, -0.15) is 13.2 Å². The van der Waals surface area contributed by atoms with Crippen LogP contribution in [-0.2, 0) is 15.8 Å². The van der Waals surface area contributed by atoms with Gasteiger partial charge in [0.1, 0.15) is 11.6 Å². The summed E-state index contributed by atoms with van der Waals surface area (Å²) in [5.41, 5.74) is -1.46. The number of benzene rings is 2. The molecule has 2 aromatic carbocycles. The summed E-state index contributed by atoms with van der Waals surface area (Å²) in [5, 5.41) is 4.62. The maximum atomic E-state index is 13.6. The second-order valence-electron chi connectivity index (χ2n) is 7.32. The number of rotatable bonds is 6. The normalized spacial score (nSPS) is 15.4. The largest absolute Gasteiger partial charge is 0.418 e. The molecule has 0 bridgehead atoms. The van der Waals surface area contributed by atoms with E-state index in [-0.39, 0.29) is 24.5 Å². The lowest BCUT2D eigenvalue weighted by molar-refractivity contribution is -0.137. The number of nitrogens with zero attached hydrogens (tertiary/aromatic N) is 2. The molecule has 0 atom stereocenters. The molecule has 3 rings (SSSR count). The quantitative estimate of drug-likeness (QED) is 0.656. The molecular formula is C21H21F5N4O2. The van der Waals surface area contributed by atoms with Crippen LogP contribution in [0.1, 0.15) is 5.56 Å². The predicted molar refractivity (Wildman–Crippen MR) is 108 cm³/mol. The molecule has 0 aromatic heterocycles. The Bertz CT molecular complexity index is 975. The van der Waals surface area contributed by atoms with Crippen molar-refractivity contribution in [2.45, 2.75) is 6.18 Å². The zero-order chi connectivity index (χ0) is 23.3. The Balaban J connectivity index is 1.45. The summed E-state index contributed by atoms with van der Waals surface area (Å²) >= 11 is 0. The Morgan fingerprint density at radius 3 is 1.91 bits per heavy atom. The van der Waals surface area contributed by atoms with Gasteiger partial charge >= 0.3 is 6.18 Å². The van der Waals surface area contributed by atoms with Crippen LogP contribution in [0.5, 0.6) is 0 Å². The van der Waals surface area contributed by atoms with Crippen molar-refractivity contribution in [1.29, 1.82) is 0 Å². The highest BCUT2D eigenvalue weighted by Gasteiger charge is 2.33. The fraction of sp³-hybridized carbons (Fsp3) is 0.333. The van der Waals surface area contributed by atoms with Crippen LogP contribution in [0.2, 0.25) is 0 Å². The number of nitrogens with one attached hydrogen (secondary N) is 2. The van der Waals surface area contributed by atoms with Gasteiger partial charge < -0.3 is 10.6 Å². The van der Waals surface area contributed by atoms with Crippen LogP contribution >= 0.6 is 0 Å². The van der Waals surface area contributed by atoms with E-state index in [1.165, 1.54) is 18.2 Å². The third kappa shape index (κ3) is 6.47. The lowest BCUT2D eigenvalue weighted by Gasteiger charge is -2.33. The van der Waals surface area contributed by atoms with Gasteiger partial charge in [0.25, 0.3) is 0 Å². The first kappa shape index (κ1) is 23.6. The van der Waals surface area contributed by atoms with Crippen molar-refractivity contribution < 1.29 is 31.5 Å². The minimum absolute atomic E-state index is 0.0467. The molecule has 0 saturated carbocycles. The third-order valence-electron chi connectivity index (χ3n) is 4.91. The average Bonchev–Trinajstić information content (AvgIpc) is 2.72. The number of halogens is 5. The van der Waals surface area contributed by atoms with Gasteiger partial charge in [-0.3, -0.25) is 19.4 Å². The fourth-order valence-corrected chi connectivity index (χ4v) is 3.32. The number of anilines is 2. The third-order valence-corrected chi connectivity index (χ3v) is 4.91. The molecule has 2 N–H and O–H groups in total. The number of amides is 2. The van der Waals surface area contributed by atoms with Gasteiger partial charge in [0, 0.05) is 32.2 Å². The van der Waals surface area contributed by atoms with E-state index in [9.17, 15) is 31.5 Å². The van der Waals surface area contributed by atoms with Gasteiger partial charge in [0.15, 0.2) is 0 Å². The molecule has 32 heavy (non-hydrogen) atoms. The number of hydrogen-bond donors (Lipinski definition) is 2. The van der Waals surface area contributed by atoms with E-state index >= 15 is 0 Å². The van der Waals surface area contributed by atoms with E-state index in [1.54, 1.807) is 9.80 Å². The smallest absolute Gasteiger partial charge is 0.324 e. The van der Waals surface area contributed by atoms with Crippen molar-refractivity contribution in [3.63, 3.8) is 0 Å². The number of piperazine rings is 1. The van der Waals surface area contributed by atoms with Gasteiger partial charge in [0.05, 0.1) is 30.0 Å². The molecule has 0 spiro atoms. The van der Waals surface area contributed by atoms with Crippen molar-refractivity contribution >= 4 is 23.2 Å². The van der Waals surface area contributed by atoms with E-state index < -0.39 is 35.2 Å². The van der Waals surface area contributed by atoms with Crippen LogP contribution in [0.15, 0.2) is 42.5 Å². The summed E-state index contributed by atoms with van der Waals surface area (Å²) in [6.45, 7) is 1.53. The van der Waals surface area contributed by atoms with E-state index in [2.05, 4.69) is 10.6 Å². The molecule has 0 radical (unpaired) electrons. The van der Waals surface area contributed by atoms with E-state index in [1.807, 2.05) is 0 Å². The molecule has 6 nitrogen and oxygen atoms in total. The van der Waals surface area contributed by atoms with E-state index in [4.69, 9.17) is 0 Å². The molecule has 0 unspecified atom stereocenters. The van der Waals surface area contributed by atoms with E-state index in [0.29, 0.717) is 26.2 Å². The fourth-order valence-electron chi connectivity index (χ4n) is 3.32. The molecule has 1 aliphatic rings. The maximum Gasteiger partial charge on any atom is 0.418 e. The Labute approximate surface area is 181 Å². The van der Waals surface area contributed by atoms with Crippen molar-refractivity contribution in [2.24, 2.45) is 0 Å². The molecule has 0 aliphatic carbocycles. The zero-order valence-corrected chi connectivity index (χ0v) is 16.9. The summed E-state index contributed by atoms with van der Waals surface area (Å²) in [6, 6.07) is 7.50. The number of para-hydroxylation sites is 1. The first-order valence-electron chi connectivity index (χ1n) is 9.77. The summed E-state index contributed by atoms with van der Waals surface area (Å²) in [6.07, 6.45) is -4.58. The van der Waals surface area contributed by atoms with Crippen LogP contribution in [0, 0.1) is 11.6 Å². The Morgan fingerprint density at radius 2 is 1.34 bits per heavy atom. The second kappa shape index (κ2) is 10.0. The number of hydrogen-bond acceptors (Lipinski definition) is 4. The van der Waals surface area contributed by atoms with Crippen LogP contribution in [-0.4, -0.2) is 60.9 Å². The molecule has 11 heteroatoms. The standard InChI is InChI=1S/C21H21F5N4O2/c22-14-5-6-16(23)18(11-14)28-20(32)13-30-9-7-29(8-10-30)12-19(31)27-17-4-2-1-3-15(17)21(24,25)26/h1-6,11H,7-10,12-13H2,(H,27,31)(H,28,32). The first-order valence-corrected chi connectivity index (χ1v) is 9.77. The predicted octanol–water partition coefficient (Wildman–Crippen LogP) is 3.18. The molecule has 1 fully saturated rings. The summed E-state index contributed by atoms with van der Waals surface area (Å²) in [5.74, 6) is -2.51. The molecule has 1 saturated heterocycles. The Kier molecular flexibility index (Phi) is 7.41. The molecular weight excluding hydrogens is 435 g/mol. The van der Waals surface area contributed by atoms with Crippen LogP contribution in [0.4, 0.5) is 33.3 Å². The summed E-state index contributed by atoms with van der Waals surface area (Å²) in [7, 11) is 0. The minimum Gasteiger partial charge on any atom is -0.324 e. The lowest BCUT2D eigenvalue weighted by Crippen LogP contribution is -2.50. The minimum atomic E-state index is -4.58. The Morgan fingerprint density at radius 1 is 0.812 bits per heavy atom. The van der Waals surface area contributed by atoms with Crippen molar-refractivity contribution in [3.05, 3.63) is 59.7 Å². The van der Waals surface area contributed by atoms with Gasteiger partial charge in [-0.1, -0.05) is 12.1 Å². The van der Waals surface area contributed by atoms with Gasteiger partial charge in [-0.25, -0.2) is 8.78 Å². The molecule has 2 amide bonds. The highest BCUT2D eigenvalue weighted by Crippen LogP contribution is 2.34. The van der Waals surface area contributed by atoms with Crippen LogP contribution < -0.4 is 10.6 Å². The highest BCUT2D eigenvalue weighted by molar-refractivity contribution is 5.93. The topological polar surface area (TPSA) is 64.7 Å². The van der Waals surface area contributed by atoms with E-state index in [0.717, 1.165) is 24.3 Å². The lowest BCUT2D eigenvalue weighted by atomic mass is 10.1. The number of carbonyl (C=O) groups is 2. The van der Waals surface area contributed by atoms with Crippen LogP contribution in [0.25, 0.3) is 0 Å². The average molecular weight is 456 g/mol. The number of alkyl halides is 3. The summed E-state index contributed by atoms with van der Waals surface area (Å²) < 4.78 is 66.0. The molecule has 172 valence electrons. The van der Waals surface area contributed by atoms with Crippen LogP contribution in [0.3, 0.4) is 0 Å². The first-order chi connectivity index (χ1) is 15.1. The highest BCUT2D eigenvalue weighted by atomic mass is 19.4. The van der Waals surface area contributed by atoms with Crippen molar-refractivity contribution in [3.8, 4) is 0 Å². The molecule has 1 heterocycles. The van der Waals surface area contributed by atoms with Gasteiger partial charge in [-0.15, -0.1) is 0 Å². The monoisotopic (exact) mass is 456 g/mol. The van der Waals surface area contributed by atoms with Gasteiger partial charge in [0.2, 0.25) is 11.8 Å². The van der Waals surface area contributed by atoms with Gasteiger partial charge in [-0.05, 0) is 24.3 Å². The van der Waals surface area contributed by atoms with Crippen molar-refractivity contribution in [2.75, 3.05) is 49.9 Å². The molecule has 2 aromatic rings. The van der Waals surface area contributed by atoms with Crippen molar-refractivity contribution in [1.82, 2.24) is 9.80 Å².